The zero-order valence-electron chi connectivity index (χ0n) is 23.1. The van der Waals surface area contributed by atoms with Gasteiger partial charge in [-0.05, 0) is 57.6 Å². The number of piperidine rings is 1. The number of alkyl halides is 1. The highest BCUT2D eigenvalue weighted by Crippen LogP contribution is 2.32. The Balaban J connectivity index is 1.15. The number of fused-ring (bicyclic) bond motifs is 1. The third-order valence-corrected chi connectivity index (χ3v) is 8.19. The molecule has 0 bridgehead atoms. The fourth-order valence-electron chi connectivity index (χ4n) is 5.29. The first-order valence-corrected chi connectivity index (χ1v) is 15.2. The summed E-state index contributed by atoms with van der Waals surface area (Å²) >= 11 is 3.52. The van der Waals surface area contributed by atoms with Crippen LogP contribution in [0.1, 0.15) is 41.0 Å². The van der Waals surface area contributed by atoms with Crippen LogP contribution in [0.4, 0.5) is 4.79 Å². The molecule has 1 aliphatic rings. The Morgan fingerprint density at radius 3 is 2.32 bits per heavy atom. The van der Waals surface area contributed by atoms with Gasteiger partial charge in [-0.2, -0.15) is 0 Å². The highest BCUT2D eigenvalue weighted by atomic mass is 79.9. The van der Waals surface area contributed by atoms with Gasteiger partial charge in [-0.1, -0.05) is 88.7 Å². The lowest BCUT2D eigenvalue weighted by atomic mass is 9.87. The van der Waals surface area contributed by atoms with Gasteiger partial charge < -0.3 is 24.2 Å². The minimum absolute atomic E-state index is 0.105. The maximum Gasteiger partial charge on any atom is 0.407 e. The fourth-order valence-corrected chi connectivity index (χ4v) is 5.64. The van der Waals surface area contributed by atoms with Crippen molar-refractivity contribution in [3.8, 4) is 5.75 Å². The standard InChI is InChI=1S/C34H36BrNO5/c35-21-26-7-9-30-20-27(8-10-29(30)19-26)24-41-33-22-36(34(37)38)16-15-32(33)28-11-13-31(14-12-28)40-18-4-17-39-23-25-5-2-1-3-6-25/h1-3,5-14,19-20,32-33H,4,15-18,21-24H2,(H,37,38). The Morgan fingerprint density at radius 1 is 0.854 bits per heavy atom. The number of carboxylic acid groups (broad SMARTS) is 1. The van der Waals surface area contributed by atoms with Crippen LogP contribution in [0.5, 0.6) is 5.75 Å². The van der Waals surface area contributed by atoms with Gasteiger partial charge in [0.25, 0.3) is 0 Å². The van der Waals surface area contributed by atoms with Gasteiger partial charge in [-0.15, -0.1) is 0 Å². The topological polar surface area (TPSA) is 68.2 Å². The van der Waals surface area contributed by atoms with E-state index in [4.69, 9.17) is 14.2 Å². The zero-order valence-corrected chi connectivity index (χ0v) is 24.7. The van der Waals surface area contributed by atoms with Crippen molar-refractivity contribution in [2.75, 3.05) is 26.3 Å². The van der Waals surface area contributed by atoms with Crippen molar-refractivity contribution in [3.05, 3.63) is 113 Å². The van der Waals surface area contributed by atoms with Crippen LogP contribution >= 0.6 is 15.9 Å². The molecule has 5 rings (SSSR count). The quantitative estimate of drug-likeness (QED) is 0.130. The van der Waals surface area contributed by atoms with E-state index >= 15 is 0 Å². The number of nitrogens with zero attached hydrogens (tertiary/aromatic N) is 1. The monoisotopic (exact) mass is 617 g/mol. The van der Waals surface area contributed by atoms with E-state index in [2.05, 4.69) is 76.6 Å². The van der Waals surface area contributed by atoms with Crippen molar-refractivity contribution >= 4 is 32.8 Å². The highest BCUT2D eigenvalue weighted by Gasteiger charge is 2.33. The van der Waals surface area contributed by atoms with Gasteiger partial charge in [-0.25, -0.2) is 4.79 Å². The zero-order chi connectivity index (χ0) is 28.4. The average Bonchev–Trinajstić information content (AvgIpc) is 3.02. The molecule has 0 radical (unpaired) electrons. The Labute approximate surface area is 250 Å². The molecule has 0 spiro atoms. The fraction of sp³-hybridized carbons (Fsp3) is 0.324. The molecule has 0 saturated carbocycles. The van der Waals surface area contributed by atoms with Gasteiger partial charge in [0.1, 0.15) is 5.75 Å². The Morgan fingerprint density at radius 2 is 1.59 bits per heavy atom. The molecule has 214 valence electrons. The Hall–Kier alpha value is -3.39. The lowest BCUT2D eigenvalue weighted by molar-refractivity contribution is -0.0199. The van der Waals surface area contributed by atoms with E-state index in [1.54, 1.807) is 0 Å². The van der Waals surface area contributed by atoms with Crippen molar-refractivity contribution in [2.45, 2.75) is 43.4 Å². The maximum absolute atomic E-state index is 11.7. The SMILES string of the molecule is O=C(O)N1CCC(c2ccc(OCCCOCc3ccccc3)cc2)C(OCc2ccc3cc(CBr)ccc3c2)C1. The van der Waals surface area contributed by atoms with Crippen LogP contribution in [0.3, 0.4) is 0 Å². The summed E-state index contributed by atoms with van der Waals surface area (Å²) in [5, 5.41) is 12.8. The van der Waals surface area contributed by atoms with Crippen LogP contribution in [-0.4, -0.2) is 48.5 Å². The summed E-state index contributed by atoms with van der Waals surface area (Å²) < 4.78 is 18.1. The second kappa shape index (κ2) is 14.5. The van der Waals surface area contributed by atoms with E-state index in [1.807, 2.05) is 30.3 Å². The van der Waals surface area contributed by atoms with Crippen LogP contribution in [-0.2, 0) is 28.0 Å². The molecular weight excluding hydrogens is 582 g/mol. The van der Waals surface area contributed by atoms with Crippen LogP contribution in [0.2, 0.25) is 0 Å². The molecule has 1 heterocycles. The smallest absolute Gasteiger partial charge is 0.407 e. The van der Waals surface area contributed by atoms with E-state index in [1.165, 1.54) is 26.8 Å². The van der Waals surface area contributed by atoms with Crippen molar-refractivity contribution in [3.63, 3.8) is 0 Å². The predicted octanol–water partition coefficient (Wildman–Crippen LogP) is 7.77. The first-order valence-electron chi connectivity index (χ1n) is 14.1. The first kappa shape index (κ1) is 29.1. The number of carbonyl (C=O) groups is 1. The molecule has 2 atom stereocenters. The molecule has 4 aromatic carbocycles. The molecule has 1 amide bonds. The predicted molar refractivity (Wildman–Crippen MR) is 165 cm³/mol. The van der Waals surface area contributed by atoms with Crippen LogP contribution in [0.15, 0.2) is 91.0 Å². The van der Waals surface area contributed by atoms with Gasteiger partial charge in [-0.3, -0.25) is 0 Å². The first-order chi connectivity index (χ1) is 20.1. The number of benzene rings is 4. The minimum atomic E-state index is -0.901. The molecule has 1 N–H and O–H groups in total. The second-order valence-electron chi connectivity index (χ2n) is 10.4. The van der Waals surface area contributed by atoms with E-state index in [-0.39, 0.29) is 12.0 Å². The normalized spacial score (nSPS) is 17.0. The van der Waals surface area contributed by atoms with Crippen molar-refractivity contribution in [2.24, 2.45) is 0 Å². The molecule has 1 saturated heterocycles. The van der Waals surface area contributed by atoms with E-state index in [0.29, 0.717) is 45.9 Å². The van der Waals surface area contributed by atoms with Crippen LogP contribution in [0, 0.1) is 0 Å². The molecule has 7 heteroatoms. The highest BCUT2D eigenvalue weighted by molar-refractivity contribution is 9.08. The van der Waals surface area contributed by atoms with Crippen molar-refractivity contribution in [1.29, 1.82) is 0 Å². The molecule has 1 aliphatic heterocycles. The number of amides is 1. The number of hydrogen-bond donors (Lipinski definition) is 1. The molecule has 41 heavy (non-hydrogen) atoms. The summed E-state index contributed by atoms with van der Waals surface area (Å²) in [4.78, 5) is 13.2. The summed E-state index contributed by atoms with van der Waals surface area (Å²) in [5.74, 6) is 0.921. The summed E-state index contributed by atoms with van der Waals surface area (Å²) in [6.07, 6.45) is 0.384. The van der Waals surface area contributed by atoms with Crippen molar-refractivity contribution < 1.29 is 24.1 Å². The third kappa shape index (κ3) is 8.09. The summed E-state index contributed by atoms with van der Waals surface area (Å²) in [6.45, 7) is 3.11. The Bertz CT molecular complexity index is 1410. The molecule has 0 aromatic heterocycles. The molecular formula is C34H36BrNO5. The molecule has 1 fully saturated rings. The number of likely N-dealkylation sites (tertiary alicyclic amines) is 1. The van der Waals surface area contributed by atoms with Gasteiger partial charge in [0.05, 0.1) is 39.1 Å². The summed E-state index contributed by atoms with van der Waals surface area (Å²) in [6, 6.07) is 31.1. The maximum atomic E-state index is 11.7. The summed E-state index contributed by atoms with van der Waals surface area (Å²) in [7, 11) is 0. The van der Waals surface area contributed by atoms with Gasteiger partial charge in [0.15, 0.2) is 0 Å². The number of halogens is 1. The third-order valence-electron chi connectivity index (χ3n) is 7.54. The molecule has 4 aromatic rings. The summed E-state index contributed by atoms with van der Waals surface area (Å²) in [5.41, 5.74) is 4.62. The van der Waals surface area contributed by atoms with E-state index in [9.17, 15) is 9.90 Å². The van der Waals surface area contributed by atoms with Crippen LogP contribution < -0.4 is 4.74 Å². The minimum Gasteiger partial charge on any atom is -0.494 e. The lowest BCUT2D eigenvalue weighted by Gasteiger charge is -2.37. The molecule has 2 unspecified atom stereocenters. The van der Waals surface area contributed by atoms with Gasteiger partial charge in [0, 0.05) is 24.2 Å². The average molecular weight is 619 g/mol. The van der Waals surface area contributed by atoms with Crippen molar-refractivity contribution in [1.82, 2.24) is 4.90 Å². The number of ether oxygens (including phenoxy) is 3. The Kier molecular flexibility index (Phi) is 10.3. The van der Waals surface area contributed by atoms with Crippen LogP contribution in [0.25, 0.3) is 10.8 Å². The molecule has 6 nitrogen and oxygen atoms in total. The number of rotatable bonds is 12. The number of hydrogen-bond acceptors (Lipinski definition) is 4. The van der Waals surface area contributed by atoms with Gasteiger partial charge >= 0.3 is 6.09 Å². The largest absolute Gasteiger partial charge is 0.494 e. The van der Waals surface area contributed by atoms with E-state index < -0.39 is 6.09 Å². The van der Waals surface area contributed by atoms with Gasteiger partial charge in [0.2, 0.25) is 0 Å². The molecule has 0 aliphatic carbocycles. The second-order valence-corrected chi connectivity index (χ2v) is 11.0. The van der Waals surface area contributed by atoms with E-state index in [0.717, 1.165) is 28.6 Å². The lowest BCUT2D eigenvalue weighted by Crippen LogP contribution is -2.46.